The van der Waals surface area contributed by atoms with E-state index in [0.29, 0.717) is 12.8 Å². The summed E-state index contributed by atoms with van der Waals surface area (Å²) in [5.41, 5.74) is 4.87. The Morgan fingerprint density at radius 1 is 0.607 bits per heavy atom. The Morgan fingerprint density at radius 2 is 1.39 bits per heavy atom. The first kappa shape index (κ1) is 17.9. The Bertz CT molecular complexity index is 1160. The van der Waals surface area contributed by atoms with E-state index in [4.69, 9.17) is 0 Å². The number of hydrogen-bond acceptors (Lipinski definition) is 3. The number of hydrogen-bond donors (Lipinski definition) is 3. The van der Waals surface area contributed by atoms with Gasteiger partial charge in [-0.05, 0) is 82.3 Å². The van der Waals surface area contributed by atoms with E-state index in [1.807, 2.05) is 49.4 Å². The van der Waals surface area contributed by atoms with E-state index in [-0.39, 0.29) is 17.2 Å². The van der Waals surface area contributed by atoms with Gasteiger partial charge in [0.05, 0.1) is 0 Å². The minimum absolute atomic E-state index is 0.233. The van der Waals surface area contributed by atoms with Crippen LogP contribution in [0.3, 0.4) is 0 Å². The van der Waals surface area contributed by atoms with Gasteiger partial charge < -0.3 is 15.3 Å². The fourth-order valence-corrected chi connectivity index (χ4v) is 3.72. The second kappa shape index (κ2) is 7.28. The van der Waals surface area contributed by atoms with Gasteiger partial charge in [0.2, 0.25) is 0 Å². The Labute approximate surface area is 164 Å². The van der Waals surface area contributed by atoms with Crippen LogP contribution in [0.2, 0.25) is 0 Å². The summed E-state index contributed by atoms with van der Waals surface area (Å²) in [6.07, 6.45) is 1.17. The first-order valence-electron chi connectivity index (χ1n) is 9.29. The highest BCUT2D eigenvalue weighted by molar-refractivity contribution is 5.90. The first-order valence-corrected chi connectivity index (χ1v) is 9.29. The van der Waals surface area contributed by atoms with Crippen molar-refractivity contribution in [3.8, 4) is 17.2 Å². The predicted octanol–water partition coefficient (Wildman–Crippen LogP) is 5.45. The third kappa shape index (κ3) is 3.65. The molecule has 0 aromatic heterocycles. The van der Waals surface area contributed by atoms with Gasteiger partial charge in [0.25, 0.3) is 0 Å². The molecule has 0 fully saturated rings. The zero-order valence-corrected chi connectivity index (χ0v) is 15.7. The van der Waals surface area contributed by atoms with Gasteiger partial charge in [-0.3, -0.25) is 0 Å². The van der Waals surface area contributed by atoms with Gasteiger partial charge in [0, 0.05) is 6.42 Å². The topological polar surface area (TPSA) is 60.7 Å². The van der Waals surface area contributed by atoms with Gasteiger partial charge in [-0.25, -0.2) is 0 Å². The van der Waals surface area contributed by atoms with Crippen molar-refractivity contribution in [2.24, 2.45) is 0 Å². The van der Waals surface area contributed by atoms with Crippen LogP contribution in [0, 0.1) is 6.92 Å². The summed E-state index contributed by atoms with van der Waals surface area (Å²) in [4.78, 5) is 0. The van der Waals surface area contributed by atoms with Crippen LogP contribution in [0.15, 0.2) is 72.8 Å². The van der Waals surface area contributed by atoms with Crippen molar-refractivity contribution in [3.63, 3.8) is 0 Å². The van der Waals surface area contributed by atoms with E-state index < -0.39 is 0 Å². The van der Waals surface area contributed by atoms with Crippen LogP contribution in [0.5, 0.6) is 17.2 Å². The number of phenols is 3. The molecule has 4 rings (SSSR count). The molecule has 0 aliphatic carbocycles. The number of aromatic hydroxyl groups is 3. The molecular formula is C25H22O3. The molecule has 3 nitrogen and oxygen atoms in total. The van der Waals surface area contributed by atoms with Crippen LogP contribution in [-0.4, -0.2) is 15.3 Å². The summed E-state index contributed by atoms with van der Waals surface area (Å²) in [5, 5.41) is 32.4. The molecule has 3 heteroatoms. The molecule has 0 unspecified atom stereocenters. The second-order valence-corrected chi connectivity index (χ2v) is 7.26. The van der Waals surface area contributed by atoms with Gasteiger partial charge in [0.15, 0.2) is 0 Å². The largest absolute Gasteiger partial charge is 0.508 e. The van der Waals surface area contributed by atoms with E-state index in [1.165, 1.54) is 0 Å². The molecule has 0 heterocycles. The summed E-state index contributed by atoms with van der Waals surface area (Å²) in [5.74, 6) is 0.711. The highest BCUT2D eigenvalue weighted by Crippen LogP contribution is 2.31. The van der Waals surface area contributed by atoms with Crippen molar-refractivity contribution in [1.29, 1.82) is 0 Å². The van der Waals surface area contributed by atoms with Gasteiger partial charge in [-0.15, -0.1) is 0 Å². The number of rotatable bonds is 4. The molecule has 4 aromatic rings. The molecule has 140 valence electrons. The van der Waals surface area contributed by atoms with E-state index in [0.717, 1.165) is 38.6 Å². The van der Waals surface area contributed by atoms with Crippen molar-refractivity contribution in [3.05, 3.63) is 101 Å². The molecule has 28 heavy (non-hydrogen) atoms. The molecular weight excluding hydrogens is 348 g/mol. The van der Waals surface area contributed by atoms with Crippen LogP contribution in [0.4, 0.5) is 0 Å². The lowest BCUT2D eigenvalue weighted by Crippen LogP contribution is -1.94. The van der Waals surface area contributed by atoms with Crippen LogP contribution in [-0.2, 0) is 12.8 Å². The van der Waals surface area contributed by atoms with Gasteiger partial charge in [-0.2, -0.15) is 0 Å². The van der Waals surface area contributed by atoms with E-state index in [2.05, 4.69) is 0 Å². The molecule has 0 saturated heterocycles. The van der Waals surface area contributed by atoms with E-state index >= 15 is 0 Å². The molecule has 0 saturated carbocycles. The van der Waals surface area contributed by atoms with Gasteiger partial charge in [-0.1, -0.05) is 42.5 Å². The number of benzene rings is 4. The summed E-state index contributed by atoms with van der Waals surface area (Å²) in [6.45, 7) is 2.03. The molecule has 0 spiro atoms. The summed E-state index contributed by atoms with van der Waals surface area (Å²) < 4.78 is 0. The monoisotopic (exact) mass is 370 g/mol. The highest BCUT2D eigenvalue weighted by atomic mass is 16.3. The summed E-state index contributed by atoms with van der Waals surface area (Å²) in [7, 11) is 0. The minimum atomic E-state index is 0.233. The van der Waals surface area contributed by atoms with Gasteiger partial charge >= 0.3 is 0 Å². The van der Waals surface area contributed by atoms with Crippen molar-refractivity contribution >= 4 is 10.8 Å². The molecule has 0 bridgehead atoms. The lowest BCUT2D eigenvalue weighted by molar-refractivity contribution is 0.468. The van der Waals surface area contributed by atoms with Gasteiger partial charge in [0.1, 0.15) is 17.2 Å². The quantitative estimate of drug-likeness (QED) is 0.448. The van der Waals surface area contributed by atoms with Crippen LogP contribution < -0.4 is 0 Å². The average Bonchev–Trinajstić information content (AvgIpc) is 2.65. The molecule has 4 aromatic carbocycles. The fourth-order valence-electron chi connectivity index (χ4n) is 3.72. The molecule has 0 amide bonds. The van der Waals surface area contributed by atoms with Crippen molar-refractivity contribution in [2.45, 2.75) is 19.8 Å². The summed E-state index contributed by atoms with van der Waals surface area (Å²) in [6, 6.07) is 22.5. The highest BCUT2D eigenvalue weighted by Gasteiger charge is 2.10. The SMILES string of the molecule is Cc1cccc2c(Cc3ccc(Cc4cccc(O)c4)cc3O)cc(O)cc12. The van der Waals surface area contributed by atoms with E-state index in [9.17, 15) is 15.3 Å². The number of fused-ring (bicyclic) bond motifs is 1. The Kier molecular flexibility index (Phi) is 4.66. The zero-order chi connectivity index (χ0) is 19.7. The normalized spacial score (nSPS) is 11.0. The second-order valence-electron chi connectivity index (χ2n) is 7.26. The van der Waals surface area contributed by atoms with Crippen LogP contribution in [0.1, 0.15) is 27.8 Å². The Balaban J connectivity index is 1.64. The molecule has 0 atom stereocenters. The summed E-state index contributed by atoms with van der Waals surface area (Å²) >= 11 is 0. The smallest absolute Gasteiger partial charge is 0.119 e. The molecule has 0 aliphatic heterocycles. The molecule has 3 N–H and O–H groups in total. The Hall–Kier alpha value is -3.46. The third-order valence-corrected chi connectivity index (χ3v) is 5.13. The minimum Gasteiger partial charge on any atom is -0.508 e. The number of aryl methyl sites for hydroxylation is 1. The van der Waals surface area contributed by atoms with Crippen LogP contribution >= 0.6 is 0 Å². The standard InChI is InChI=1S/C25H22O3/c1-16-4-2-7-23-20(14-22(27)15-24(16)23)13-19-9-8-18(12-25(19)28)10-17-5-3-6-21(26)11-17/h2-9,11-12,14-15,26-28H,10,13H2,1H3. The van der Waals surface area contributed by atoms with Crippen molar-refractivity contribution in [1.82, 2.24) is 0 Å². The fraction of sp³-hybridized carbons (Fsp3) is 0.120. The van der Waals surface area contributed by atoms with E-state index in [1.54, 1.807) is 30.3 Å². The first-order chi connectivity index (χ1) is 13.5. The molecule has 0 aliphatic rings. The molecule has 0 radical (unpaired) electrons. The number of phenolic OH excluding ortho intramolecular Hbond substituents is 3. The third-order valence-electron chi connectivity index (χ3n) is 5.13. The predicted molar refractivity (Wildman–Crippen MR) is 112 cm³/mol. The lowest BCUT2D eigenvalue weighted by Gasteiger charge is -2.12. The zero-order valence-electron chi connectivity index (χ0n) is 15.7. The average molecular weight is 370 g/mol. The van der Waals surface area contributed by atoms with Crippen molar-refractivity contribution < 1.29 is 15.3 Å². The Morgan fingerprint density at radius 3 is 2.18 bits per heavy atom. The maximum Gasteiger partial charge on any atom is 0.119 e. The maximum atomic E-state index is 10.6. The van der Waals surface area contributed by atoms with Crippen LogP contribution in [0.25, 0.3) is 10.8 Å². The maximum absolute atomic E-state index is 10.6. The van der Waals surface area contributed by atoms with Crippen molar-refractivity contribution in [2.75, 3.05) is 0 Å². The lowest BCUT2D eigenvalue weighted by atomic mass is 9.94.